The molecule has 36 heavy (non-hydrogen) atoms. The molecule has 1 aromatic carbocycles. The van der Waals surface area contributed by atoms with E-state index in [1.54, 1.807) is 32.6 Å². The van der Waals surface area contributed by atoms with Gasteiger partial charge in [-0.3, -0.25) is 14.3 Å². The summed E-state index contributed by atoms with van der Waals surface area (Å²) in [6, 6.07) is 13.3. The molecule has 0 bridgehead atoms. The van der Waals surface area contributed by atoms with Crippen molar-refractivity contribution in [1.82, 2.24) is 24.3 Å². The SMILES string of the molecule is CN(C)C(=O)n1c(C(=O)NCCc2ccncc2)cc2c1c1ccccc1n2C.O=C(O)C(F)(F)F. The number of pyridine rings is 1. The van der Waals surface area contributed by atoms with E-state index in [2.05, 4.69) is 10.3 Å². The highest BCUT2D eigenvalue weighted by Gasteiger charge is 2.38. The first-order valence-electron chi connectivity index (χ1n) is 10.7. The molecule has 0 atom stereocenters. The molecule has 2 amide bonds. The summed E-state index contributed by atoms with van der Waals surface area (Å²) in [5, 5.41) is 11.0. The second-order valence-corrected chi connectivity index (χ2v) is 8.02. The van der Waals surface area contributed by atoms with Crippen LogP contribution < -0.4 is 5.32 Å². The van der Waals surface area contributed by atoms with Crippen LogP contribution in [0.5, 0.6) is 0 Å². The van der Waals surface area contributed by atoms with Crippen LogP contribution in [0.15, 0.2) is 54.9 Å². The Morgan fingerprint density at radius 2 is 1.67 bits per heavy atom. The predicted molar refractivity (Wildman–Crippen MR) is 127 cm³/mol. The van der Waals surface area contributed by atoms with Crippen LogP contribution in [0.1, 0.15) is 16.1 Å². The molecule has 190 valence electrons. The van der Waals surface area contributed by atoms with Crippen LogP contribution in [0.3, 0.4) is 0 Å². The average molecular weight is 503 g/mol. The summed E-state index contributed by atoms with van der Waals surface area (Å²) in [5.41, 5.74) is 4.05. The van der Waals surface area contributed by atoms with Crippen LogP contribution in [0.4, 0.5) is 18.0 Å². The number of aliphatic carboxylic acids is 1. The van der Waals surface area contributed by atoms with E-state index in [1.807, 2.05) is 48.0 Å². The Labute approximate surface area is 203 Å². The zero-order valence-electron chi connectivity index (χ0n) is 19.7. The van der Waals surface area contributed by atoms with Crippen molar-refractivity contribution in [2.24, 2.45) is 7.05 Å². The Kier molecular flexibility index (Phi) is 7.66. The molecule has 4 aromatic rings. The van der Waals surface area contributed by atoms with Gasteiger partial charge in [0, 0.05) is 45.5 Å². The van der Waals surface area contributed by atoms with Gasteiger partial charge in [-0.15, -0.1) is 0 Å². The van der Waals surface area contributed by atoms with Gasteiger partial charge in [0.05, 0.1) is 16.6 Å². The maximum Gasteiger partial charge on any atom is 0.490 e. The van der Waals surface area contributed by atoms with E-state index in [1.165, 1.54) is 9.47 Å². The lowest BCUT2D eigenvalue weighted by Gasteiger charge is -2.15. The standard InChI is InChI=1S/C22H23N5O2.C2HF3O2/c1-25(2)22(29)27-19(21(28)24-13-10-15-8-11-23-12-9-15)14-18-20(27)16-6-4-5-7-17(16)26(18)3;3-2(4,5)1(6)7/h4-9,11-12,14H,10,13H2,1-3H3,(H,24,28);(H,6,7). The van der Waals surface area contributed by atoms with Gasteiger partial charge in [-0.1, -0.05) is 18.2 Å². The van der Waals surface area contributed by atoms with E-state index in [4.69, 9.17) is 9.90 Å². The zero-order valence-corrected chi connectivity index (χ0v) is 19.7. The second kappa shape index (κ2) is 10.5. The highest BCUT2D eigenvalue weighted by Crippen LogP contribution is 2.31. The third-order valence-electron chi connectivity index (χ3n) is 5.36. The molecule has 3 heterocycles. The molecule has 0 aliphatic rings. The van der Waals surface area contributed by atoms with Crippen molar-refractivity contribution in [2.75, 3.05) is 20.6 Å². The van der Waals surface area contributed by atoms with Crippen LogP contribution in [0, 0.1) is 0 Å². The molecule has 0 aliphatic carbocycles. The van der Waals surface area contributed by atoms with Gasteiger partial charge in [0.2, 0.25) is 0 Å². The topological polar surface area (TPSA) is 109 Å². The van der Waals surface area contributed by atoms with Crippen molar-refractivity contribution in [3.8, 4) is 0 Å². The van der Waals surface area contributed by atoms with Crippen LogP contribution in [0.25, 0.3) is 21.9 Å². The van der Waals surface area contributed by atoms with Gasteiger partial charge in [-0.2, -0.15) is 13.2 Å². The number of hydrogen-bond donors (Lipinski definition) is 2. The number of carbonyl (C=O) groups excluding carboxylic acids is 2. The number of nitrogens with zero attached hydrogens (tertiary/aromatic N) is 4. The number of hydrogen-bond acceptors (Lipinski definition) is 4. The smallest absolute Gasteiger partial charge is 0.475 e. The third kappa shape index (κ3) is 5.48. The number of carboxylic acid groups (broad SMARTS) is 1. The molecule has 0 saturated carbocycles. The first-order valence-corrected chi connectivity index (χ1v) is 10.7. The van der Waals surface area contributed by atoms with E-state index >= 15 is 0 Å². The Hall–Kier alpha value is -4.35. The van der Waals surface area contributed by atoms with Crippen LogP contribution >= 0.6 is 0 Å². The van der Waals surface area contributed by atoms with E-state index in [0.29, 0.717) is 18.7 Å². The summed E-state index contributed by atoms with van der Waals surface area (Å²) in [4.78, 5) is 40.3. The second-order valence-electron chi connectivity index (χ2n) is 8.02. The van der Waals surface area contributed by atoms with Crippen molar-refractivity contribution in [3.05, 3.63) is 66.1 Å². The average Bonchev–Trinajstić information content (AvgIpc) is 3.35. The fraction of sp³-hybridized carbons (Fsp3) is 0.250. The number of carboxylic acids is 1. The Morgan fingerprint density at radius 3 is 2.25 bits per heavy atom. The quantitative estimate of drug-likeness (QED) is 0.442. The molecule has 0 radical (unpaired) electrons. The third-order valence-corrected chi connectivity index (χ3v) is 5.36. The number of fused-ring (bicyclic) bond motifs is 3. The molecule has 3 aromatic heterocycles. The number of nitrogens with one attached hydrogen (secondary N) is 1. The summed E-state index contributed by atoms with van der Waals surface area (Å²) < 4.78 is 35.3. The number of aryl methyl sites for hydroxylation is 1. The van der Waals surface area contributed by atoms with Crippen molar-refractivity contribution >= 4 is 39.8 Å². The lowest BCUT2D eigenvalue weighted by molar-refractivity contribution is -0.192. The fourth-order valence-electron chi connectivity index (χ4n) is 3.63. The van der Waals surface area contributed by atoms with Crippen molar-refractivity contribution in [3.63, 3.8) is 0 Å². The highest BCUT2D eigenvalue weighted by molar-refractivity contribution is 6.14. The van der Waals surface area contributed by atoms with Gasteiger partial charge in [-0.05, 0) is 36.2 Å². The van der Waals surface area contributed by atoms with E-state index in [0.717, 1.165) is 27.5 Å². The number of rotatable bonds is 4. The van der Waals surface area contributed by atoms with Gasteiger partial charge >= 0.3 is 18.2 Å². The minimum Gasteiger partial charge on any atom is -0.475 e. The fourth-order valence-corrected chi connectivity index (χ4v) is 3.63. The molecule has 0 unspecified atom stereocenters. The highest BCUT2D eigenvalue weighted by atomic mass is 19.4. The summed E-state index contributed by atoms with van der Waals surface area (Å²) in [6.07, 6.45) is -0.926. The molecule has 4 rings (SSSR count). The lowest BCUT2D eigenvalue weighted by atomic mass is 10.2. The molecular weight excluding hydrogens is 479 g/mol. The van der Waals surface area contributed by atoms with Gasteiger partial charge in [0.25, 0.3) is 5.91 Å². The Morgan fingerprint density at radius 1 is 1.06 bits per heavy atom. The first kappa shape index (κ1) is 26.3. The minimum atomic E-state index is -5.08. The maximum atomic E-state index is 13.0. The maximum absolute atomic E-state index is 13.0. The van der Waals surface area contributed by atoms with Gasteiger partial charge in [0.15, 0.2) is 0 Å². The van der Waals surface area contributed by atoms with Crippen molar-refractivity contribution in [2.45, 2.75) is 12.6 Å². The molecule has 0 aliphatic heterocycles. The molecular formula is C24H24F3N5O4. The van der Waals surface area contributed by atoms with Crippen LogP contribution in [-0.2, 0) is 18.3 Å². The summed E-state index contributed by atoms with van der Waals surface area (Å²) in [6.45, 7) is 0.473. The molecule has 9 nitrogen and oxygen atoms in total. The number of aromatic nitrogens is 3. The predicted octanol–water partition coefficient (Wildman–Crippen LogP) is 3.66. The van der Waals surface area contributed by atoms with Gasteiger partial charge in [-0.25, -0.2) is 9.59 Å². The van der Waals surface area contributed by atoms with E-state index < -0.39 is 12.1 Å². The number of halogens is 3. The van der Waals surface area contributed by atoms with E-state index in [9.17, 15) is 22.8 Å². The molecule has 0 fully saturated rings. The monoisotopic (exact) mass is 503 g/mol. The van der Waals surface area contributed by atoms with Crippen molar-refractivity contribution in [1.29, 1.82) is 0 Å². The van der Waals surface area contributed by atoms with E-state index in [-0.39, 0.29) is 11.9 Å². The first-order chi connectivity index (χ1) is 16.9. The molecule has 2 N–H and O–H groups in total. The Bertz CT molecular complexity index is 1410. The van der Waals surface area contributed by atoms with Crippen LogP contribution in [0.2, 0.25) is 0 Å². The zero-order chi connectivity index (χ0) is 26.6. The summed E-state index contributed by atoms with van der Waals surface area (Å²) >= 11 is 0. The number of amides is 2. The number of carbonyl (C=O) groups is 3. The number of para-hydroxylation sites is 1. The molecule has 12 heteroatoms. The minimum absolute atomic E-state index is 0.254. The van der Waals surface area contributed by atoms with Crippen molar-refractivity contribution < 1.29 is 32.7 Å². The number of alkyl halides is 3. The van der Waals surface area contributed by atoms with Gasteiger partial charge in [0.1, 0.15) is 5.69 Å². The molecule has 0 spiro atoms. The van der Waals surface area contributed by atoms with Gasteiger partial charge < -0.3 is 19.9 Å². The Balaban J connectivity index is 0.000000454. The number of benzene rings is 1. The lowest BCUT2D eigenvalue weighted by Crippen LogP contribution is -2.33. The van der Waals surface area contributed by atoms with Crippen LogP contribution in [-0.4, -0.2) is 68.8 Å². The normalized spacial score (nSPS) is 11.2. The summed E-state index contributed by atoms with van der Waals surface area (Å²) in [7, 11) is 5.31. The molecule has 0 saturated heterocycles. The largest absolute Gasteiger partial charge is 0.490 e. The summed E-state index contributed by atoms with van der Waals surface area (Å²) in [5.74, 6) is -3.03.